The standard InChI is InChI=1S/C18H25N5OS/c1-4-15-10-5-6-11-22(15)16(24)12-25-18-19-20-21-23(18)17-13(2)8-7-9-14(17)3/h7-9,15H,4-6,10-12H2,1-3H3/t15-/m1/s1. The van der Waals surface area contributed by atoms with E-state index in [0.29, 0.717) is 17.0 Å². The molecular weight excluding hydrogens is 334 g/mol. The number of tetrazole rings is 1. The second-order valence-corrected chi connectivity index (χ2v) is 7.49. The second kappa shape index (κ2) is 7.99. The van der Waals surface area contributed by atoms with Gasteiger partial charge in [-0.2, -0.15) is 4.68 Å². The largest absolute Gasteiger partial charge is 0.339 e. The Hall–Kier alpha value is -1.89. The third kappa shape index (κ3) is 3.86. The summed E-state index contributed by atoms with van der Waals surface area (Å²) in [5.74, 6) is 0.564. The number of aryl methyl sites for hydroxylation is 2. The van der Waals surface area contributed by atoms with Gasteiger partial charge in [0.1, 0.15) is 0 Å². The van der Waals surface area contributed by atoms with Crippen molar-refractivity contribution in [1.29, 1.82) is 0 Å². The fourth-order valence-electron chi connectivity index (χ4n) is 3.51. The van der Waals surface area contributed by atoms with Crippen molar-refractivity contribution in [3.8, 4) is 5.69 Å². The Kier molecular flexibility index (Phi) is 5.73. The summed E-state index contributed by atoms with van der Waals surface area (Å²) < 4.78 is 1.75. The van der Waals surface area contributed by atoms with Crippen LogP contribution in [0.3, 0.4) is 0 Å². The molecule has 0 spiro atoms. The smallest absolute Gasteiger partial charge is 0.233 e. The van der Waals surface area contributed by atoms with Crippen molar-refractivity contribution in [2.24, 2.45) is 0 Å². The van der Waals surface area contributed by atoms with Crippen molar-refractivity contribution in [3.63, 3.8) is 0 Å². The van der Waals surface area contributed by atoms with Gasteiger partial charge in [-0.25, -0.2) is 0 Å². The second-order valence-electron chi connectivity index (χ2n) is 6.55. The molecule has 0 radical (unpaired) electrons. The molecule has 25 heavy (non-hydrogen) atoms. The van der Waals surface area contributed by atoms with Gasteiger partial charge in [0.2, 0.25) is 11.1 Å². The van der Waals surface area contributed by atoms with Gasteiger partial charge in [-0.3, -0.25) is 4.79 Å². The number of aromatic nitrogens is 4. The Morgan fingerprint density at radius 3 is 2.76 bits per heavy atom. The summed E-state index contributed by atoms with van der Waals surface area (Å²) in [4.78, 5) is 14.7. The quantitative estimate of drug-likeness (QED) is 0.767. The number of nitrogens with zero attached hydrogens (tertiary/aromatic N) is 5. The normalized spacial score (nSPS) is 17.7. The minimum absolute atomic E-state index is 0.188. The van der Waals surface area contributed by atoms with Gasteiger partial charge in [0.15, 0.2) is 0 Å². The van der Waals surface area contributed by atoms with Gasteiger partial charge in [-0.1, -0.05) is 36.9 Å². The molecule has 0 N–H and O–H groups in total. The van der Waals surface area contributed by atoms with Gasteiger partial charge in [0.25, 0.3) is 0 Å². The van der Waals surface area contributed by atoms with Crippen LogP contribution in [0.2, 0.25) is 0 Å². The SMILES string of the molecule is CC[C@@H]1CCCCN1C(=O)CSc1nnnn1-c1c(C)cccc1C. The molecule has 1 aliphatic heterocycles. The predicted octanol–water partition coefficient (Wildman–Crippen LogP) is 3.16. The van der Waals surface area contributed by atoms with Crippen molar-refractivity contribution in [2.45, 2.75) is 57.7 Å². The number of para-hydroxylation sites is 1. The van der Waals surface area contributed by atoms with E-state index in [1.54, 1.807) is 4.68 Å². The van der Waals surface area contributed by atoms with Crippen LogP contribution in [0, 0.1) is 13.8 Å². The Morgan fingerprint density at radius 2 is 2.04 bits per heavy atom. The molecule has 1 amide bonds. The highest BCUT2D eigenvalue weighted by molar-refractivity contribution is 7.99. The van der Waals surface area contributed by atoms with Crippen molar-refractivity contribution >= 4 is 17.7 Å². The number of likely N-dealkylation sites (tertiary alicyclic amines) is 1. The Labute approximate surface area is 153 Å². The van der Waals surface area contributed by atoms with E-state index in [1.807, 2.05) is 36.9 Å². The molecule has 3 rings (SSSR count). The highest BCUT2D eigenvalue weighted by Gasteiger charge is 2.25. The van der Waals surface area contributed by atoms with Crippen LogP contribution < -0.4 is 0 Å². The Morgan fingerprint density at radius 1 is 1.28 bits per heavy atom. The summed E-state index contributed by atoms with van der Waals surface area (Å²) in [6.07, 6.45) is 4.47. The monoisotopic (exact) mass is 359 g/mol. The number of carbonyl (C=O) groups excluding carboxylic acids is 1. The maximum atomic E-state index is 12.7. The van der Waals surface area contributed by atoms with Gasteiger partial charge in [-0.05, 0) is 61.1 Å². The molecule has 0 unspecified atom stereocenters. The minimum Gasteiger partial charge on any atom is -0.339 e. The first-order valence-electron chi connectivity index (χ1n) is 8.89. The molecule has 7 heteroatoms. The molecule has 2 heterocycles. The number of rotatable bonds is 5. The fourth-order valence-corrected chi connectivity index (χ4v) is 4.27. The average Bonchev–Trinajstić information content (AvgIpc) is 3.07. The van der Waals surface area contributed by atoms with Crippen LogP contribution >= 0.6 is 11.8 Å². The van der Waals surface area contributed by atoms with Crippen LogP contribution in [0.1, 0.15) is 43.7 Å². The molecule has 2 aromatic rings. The first-order valence-corrected chi connectivity index (χ1v) is 9.87. The number of carbonyl (C=O) groups is 1. The molecule has 0 saturated carbocycles. The molecule has 1 fully saturated rings. The molecular formula is C18H25N5OS. The number of hydrogen-bond donors (Lipinski definition) is 0. The molecule has 1 aromatic carbocycles. The van der Waals surface area contributed by atoms with Crippen LogP contribution in [0.4, 0.5) is 0 Å². The van der Waals surface area contributed by atoms with E-state index in [2.05, 4.69) is 22.4 Å². The van der Waals surface area contributed by atoms with Crippen molar-refractivity contribution in [2.75, 3.05) is 12.3 Å². The molecule has 6 nitrogen and oxygen atoms in total. The number of benzene rings is 1. The zero-order chi connectivity index (χ0) is 17.8. The van der Waals surface area contributed by atoms with E-state index >= 15 is 0 Å². The number of thioether (sulfide) groups is 1. The van der Waals surface area contributed by atoms with E-state index in [4.69, 9.17) is 0 Å². The summed E-state index contributed by atoms with van der Waals surface area (Å²) in [5, 5.41) is 12.7. The first-order chi connectivity index (χ1) is 12.1. The maximum Gasteiger partial charge on any atom is 0.233 e. The minimum atomic E-state index is 0.188. The molecule has 0 bridgehead atoms. The number of hydrogen-bond acceptors (Lipinski definition) is 5. The van der Waals surface area contributed by atoms with Gasteiger partial charge >= 0.3 is 0 Å². The van der Waals surface area contributed by atoms with Gasteiger partial charge in [-0.15, -0.1) is 5.10 Å². The summed E-state index contributed by atoms with van der Waals surface area (Å²) in [7, 11) is 0. The van der Waals surface area contributed by atoms with Crippen LogP contribution in [-0.4, -0.2) is 49.4 Å². The zero-order valence-electron chi connectivity index (χ0n) is 15.1. The lowest BCUT2D eigenvalue weighted by Crippen LogP contribution is -2.44. The lowest BCUT2D eigenvalue weighted by atomic mass is 10.0. The number of piperidine rings is 1. The van der Waals surface area contributed by atoms with E-state index in [-0.39, 0.29) is 5.91 Å². The van der Waals surface area contributed by atoms with Gasteiger partial charge in [0, 0.05) is 12.6 Å². The van der Waals surface area contributed by atoms with Crippen LogP contribution in [0.25, 0.3) is 5.69 Å². The molecule has 1 aromatic heterocycles. The van der Waals surface area contributed by atoms with Gasteiger partial charge in [0.05, 0.1) is 11.4 Å². The Balaban J connectivity index is 1.73. The lowest BCUT2D eigenvalue weighted by molar-refractivity contribution is -0.132. The molecule has 134 valence electrons. The fraction of sp³-hybridized carbons (Fsp3) is 0.556. The third-order valence-corrected chi connectivity index (χ3v) is 5.74. The van der Waals surface area contributed by atoms with E-state index in [0.717, 1.165) is 42.6 Å². The summed E-state index contributed by atoms with van der Waals surface area (Å²) in [6, 6.07) is 6.50. The van der Waals surface area contributed by atoms with Crippen LogP contribution in [0.5, 0.6) is 0 Å². The van der Waals surface area contributed by atoms with E-state index < -0.39 is 0 Å². The predicted molar refractivity (Wildman–Crippen MR) is 99.0 cm³/mol. The summed E-state index contributed by atoms with van der Waals surface area (Å²) in [5.41, 5.74) is 3.22. The molecule has 1 atom stereocenters. The molecule has 0 aliphatic carbocycles. The van der Waals surface area contributed by atoms with Gasteiger partial charge < -0.3 is 4.90 Å². The average molecular weight is 359 g/mol. The third-order valence-electron chi connectivity index (χ3n) is 4.84. The van der Waals surface area contributed by atoms with Crippen LogP contribution in [0.15, 0.2) is 23.4 Å². The Bertz CT molecular complexity index is 725. The van der Waals surface area contributed by atoms with E-state index in [9.17, 15) is 4.79 Å². The van der Waals surface area contributed by atoms with Crippen molar-refractivity contribution in [1.82, 2.24) is 25.1 Å². The summed E-state index contributed by atoms with van der Waals surface area (Å²) >= 11 is 1.42. The topological polar surface area (TPSA) is 63.9 Å². The highest BCUT2D eigenvalue weighted by Crippen LogP contribution is 2.25. The van der Waals surface area contributed by atoms with Crippen molar-refractivity contribution < 1.29 is 4.79 Å². The van der Waals surface area contributed by atoms with E-state index in [1.165, 1.54) is 18.2 Å². The van der Waals surface area contributed by atoms with Crippen molar-refractivity contribution in [3.05, 3.63) is 29.3 Å². The zero-order valence-corrected chi connectivity index (χ0v) is 15.9. The molecule has 1 aliphatic rings. The first kappa shape index (κ1) is 17.9. The maximum absolute atomic E-state index is 12.7. The number of amides is 1. The lowest BCUT2D eigenvalue weighted by Gasteiger charge is -2.35. The highest BCUT2D eigenvalue weighted by atomic mass is 32.2. The molecule has 1 saturated heterocycles. The van der Waals surface area contributed by atoms with Crippen LogP contribution in [-0.2, 0) is 4.79 Å². The summed E-state index contributed by atoms with van der Waals surface area (Å²) in [6.45, 7) is 7.12.